The van der Waals surface area contributed by atoms with Crippen molar-refractivity contribution in [3.8, 4) is 0 Å². The SMILES string of the molecule is Cc1cc(C)c2c(=O)ssc2n1. The third-order valence-electron chi connectivity index (χ3n) is 1.71. The number of aryl methyl sites for hydroxylation is 2. The second-order valence-electron chi connectivity index (χ2n) is 2.71. The molecular formula is C8H7NOS2. The van der Waals surface area contributed by atoms with Crippen LogP contribution in [0.3, 0.4) is 0 Å². The zero-order valence-corrected chi connectivity index (χ0v) is 8.38. The van der Waals surface area contributed by atoms with Gasteiger partial charge in [-0.05, 0) is 35.8 Å². The molecule has 0 saturated heterocycles. The van der Waals surface area contributed by atoms with Gasteiger partial charge < -0.3 is 0 Å². The molecule has 0 atom stereocenters. The molecule has 0 saturated carbocycles. The van der Waals surface area contributed by atoms with Crippen LogP contribution in [0.2, 0.25) is 0 Å². The van der Waals surface area contributed by atoms with Gasteiger partial charge in [0.25, 0.3) is 4.74 Å². The van der Waals surface area contributed by atoms with Crippen LogP contribution in [0.4, 0.5) is 0 Å². The lowest BCUT2D eigenvalue weighted by atomic mass is 10.2. The number of pyridine rings is 1. The molecule has 0 N–H and O–H groups in total. The predicted octanol–water partition coefficient (Wildman–Crippen LogP) is 2.33. The second kappa shape index (κ2) is 2.64. The lowest BCUT2D eigenvalue weighted by molar-refractivity contribution is 1.25. The molecule has 0 amide bonds. The maximum atomic E-state index is 11.3. The van der Waals surface area contributed by atoms with Gasteiger partial charge in [0, 0.05) is 5.69 Å². The van der Waals surface area contributed by atoms with Crippen LogP contribution in [0.25, 0.3) is 10.2 Å². The number of fused-ring (bicyclic) bond motifs is 1. The van der Waals surface area contributed by atoms with Gasteiger partial charge in [-0.2, -0.15) is 0 Å². The fraction of sp³-hybridized carbons (Fsp3) is 0.250. The highest BCUT2D eigenvalue weighted by Crippen LogP contribution is 2.21. The average Bonchev–Trinajstić information content (AvgIpc) is 2.31. The van der Waals surface area contributed by atoms with Gasteiger partial charge in [0.15, 0.2) is 0 Å². The van der Waals surface area contributed by atoms with Crippen molar-refractivity contribution in [1.29, 1.82) is 0 Å². The predicted molar refractivity (Wildman–Crippen MR) is 53.2 cm³/mol. The highest BCUT2D eigenvalue weighted by molar-refractivity contribution is 7.71. The van der Waals surface area contributed by atoms with E-state index in [1.165, 1.54) is 20.7 Å². The van der Waals surface area contributed by atoms with Gasteiger partial charge in [0.1, 0.15) is 4.83 Å². The molecule has 2 rings (SSSR count). The van der Waals surface area contributed by atoms with Gasteiger partial charge >= 0.3 is 0 Å². The molecule has 0 fully saturated rings. The number of nitrogens with zero attached hydrogens (tertiary/aromatic N) is 1. The number of hydrogen-bond donors (Lipinski definition) is 0. The third-order valence-corrected chi connectivity index (χ3v) is 3.78. The van der Waals surface area contributed by atoms with Crippen molar-refractivity contribution in [2.45, 2.75) is 13.8 Å². The summed E-state index contributed by atoms with van der Waals surface area (Å²) in [5.74, 6) is 0. The van der Waals surface area contributed by atoms with E-state index in [9.17, 15) is 4.79 Å². The quantitative estimate of drug-likeness (QED) is 0.607. The first-order valence-electron chi connectivity index (χ1n) is 3.55. The summed E-state index contributed by atoms with van der Waals surface area (Å²) in [6.45, 7) is 3.90. The van der Waals surface area contributed by atoms with Gasteiger partial charge in [-0.25, -0.2) is 4.98 Å². The highest BCUT2D eigenvalue weighted by Gasteiger charge is 2.06. The Hall–Kier alpha value is -0.740. The van der Waals surface area contributed by atoms with E-state index in [0.717, 1.165) is 21.5 Å². The average molecular weight is 197 g/mol. The molecule has 2 heterocycles. The molecule has 0 radical (unpaired) electrons. The fourth-order valence-electron chi connectivity index (χ4n) is 1.23. The highest BCUT2D eigenvalue weighted by atomic mass is 32.9. The number of hydrogen-bond acceptors (Lipinski definition) is 4. The first kappa shape index (κ1) is 7.89. The van der Waals surface area contributed by atoms with E-state index < -0.39 is 0 Å². The monoisotopic (exact) mass is 197 g/mol. The summed E-state index contributed by atoms with van der Waals surface area (Å²) in [4.78, 5) is 16.5. The Morgan fingerprint density at radius 3 is 2.83 bits per heavy atom. The van der Waals surface area contributed by atoms with E-state index >= 15 is 0 Å². The molecule has 0 aromatic carbocycles. The minimum absolute atomic E-state index is 0.139. The molecule has 0 aliphatic carbocycles. The summed E-state index contributed by atoms with van der Waals surface area (Å²) in [6.07, 6.45) is 0. The van der Waals surface area contributed by atoms with Crippen molar-refractivity contribution in [1.82, 2.24) is 4.98 Å². The summed E-state index contributed by atoms with van der Waals surface area (Å²) in [6, 6.07) is 1.95. The van der Waals surface area contributed by atoms with Crippen molar-refractivity contribution in [3.05, 3.63) is 26.9 Å². The van der Waals surface area contributed by atoms with Gasteiger partial charge in [-0.3, -0.25) is 4.79 Å². The Kier molecular flexibility index (Phi) is 1.73. The molecule has 2 nitrogen and oxygen atoms in total. The Balaban J connectivity index is 3.03. The van der Waals surface area contributed by atoms with Crippen LogP contribution in [0.5, 0.6) is 0 Å². The summed E-state index contributed by atoms with van der Waals surface area (Å²) in [5, 5.41) is 0.801. The zero-order chi connectivity index (χ0) is 8.72. The van der Waals surface area contributed by atoms with E-state index in [4.69, 9.17) is 0 Å². The topological polar surface area (TPSA) is 30.0 Å². The standard InChI is InChI=1S/C8H7NOS2/c1-4-3-5(2)9-7-6(4)8(10)12-11-7/h3H,1-2H3. The lowest BCUT2D eigenvalue weighted by Gasteiger charge is -1.95. The van der Waals surface area contributed by atoms with Crippen LogP contribution in [-0.4, -0.2) is 4.98 Å². The Morgan fingerprint density at radius 1 is 1.33 bits per heavy atom. The molecule has 4 heteroatoms. The van der Waals surface area contributed by atoms with E-state index in [2.05, 4.69) is 4.98 Å². The van der Waals surface area contributed by atoms with E-state index in [-0.39, 0.29) is 4.74 Å². The second-order valence-corrected chi connectivity index (χ2v) is 4.81. The van der Waals surface area contributed by atoms with Crippen LogP contribution in [-0.2, 0) is 0 Å². The lowest BCUT2D eigenvalue weighted by Crippen LogP contribution is -1.93. The van der Waals surface area contributed by atoms with E-state index in [1.807, 2.05) is 19.9 Å². The summed E-state index contributed by atoms with van der Waals surface area (Å²) in [7, 11) is 2.72. The number of rotatable bonds is 0. The van der Waals surface area contributed by atoms with Gasteiger partial charge in [-0.15, -0.1) is 0 Å². The first-order valence-corrected chi connectivity index (χ1v) is 5.70. The first-order chi connectivity index (χ1) is 5.68. The molecule has 0 aliphatic rings. The summed E-state index contributed by atoms with van der Waals surface area (Å²) < 4.78 is 0.139. The number of aromatic nitrogens is 1. The van der Waals surface area contributed by atoms with Crippen molar-refractivity contribution in [2.75, 3.05) is 0 Å². The van der Waals surface area contributed by atoms with Crippen LogP contribution < -0.4 is 4.74 Å². The summed E-state index contributed by atoms with van der Waals surface area (Å²) >= 11 is 0. The third kappa shape index (κ3) is 1.07. The van der Waals surface area contributed by atoms with Crippen molar-refractivity contribution < 1.29 is 0 Å². The van der Waals surface area contributed by atoms with E-state index in [1.54, 1.807) is 0 Å². The molecule has 2 aromatic rings. The molecule has 12 heavy (non-hydrogen) atoms. The Bertz CT molecular complexity index is 483. The summed E-state index contributed by atoms with van der Waals surface area (Å²) in [5.41, 5.74) is 2.02. The largest absolute Gasteiger partial charge is 0.276 e. The van der Waals surface area contributed by atoms with Crippen LogP contribution >= 0.6 is 20.7 Å². The normalized spacial score (nSPS) is 10.8. The van der Waals surface area contributed by atoms with Crippen LogP contribution in [0.1, 0.15) is 11.3 Å². The molecule has 0 bridgehead atoms. The van der Waals surface area contributed by atoms with Crippen molar-refractivity contribution in [3.63, 3.8) is 0 Å². The van der Waals surface area contributed by atoms with Gasteiger partial charge in [-0.1, -0.05) is 10.3 Å². The molecule has 0 unspecified atom stereocenters. The van der Waals surface area contributed by atoms with Crippen LogP contribution in [0, 0.1) is 13.8 Å². The molecule has 2 aromatic heterocycles. The molecule has 0 aliphatic heterocycles. The molecule has 0 spiro atoms. The van der Waals surface area contributed by atoms with Crippen LogP contribution in [0.15, 0.2) is 10.9 Å². The van der Waals surface area contributed by atoms with E-state index in [0.29, 0.717) is 0 Å². The minimum atomic E-state index is 0.139. The maximum absolute atomic E-state index is 11.3. The van der Waals surface area contributed by atoms with Gasteiger partial charge in [0.05, 0.1) is 5.39 Å². The fourth-order valence-corrected chi connectivity index (χ4v) is 3.38. The minimum Gasteiger partial charge on any atom is -0.276 e. The van der Waals surface area contributed by atoms with Crippen molar-refractivity contribution in [2.24, 2.45) is 0 Å². The van der Waals surface area contributed by atoms with Gasteiger partial charge in [0.2, 0.25) is 0 Å². The maximum Gasteiger partial charge on any atom is 0.252 e. The Morgan fingerprint density at radius 2 is 2.08 bits per heavy atom. The Labute approximate surface area is 76.9 Å². The van der Waals surface area contributed by atoms with Crippen molar-refractivity contribution >= 4 is 30.9 Å². The zero-order valence-electron chi connectivity index (χ0n) is 6.75. The smallest absolute Gasteiger partial charge is 0.252 e. The molecular weight excluding hydrogens is 190 g/mol. The molecule has 62 valence electrons.